The van der Waals surface area contributed by atoms with Gasteiger partial charge in [0.25, 0.3) is 0 Å². The van der Waals surface area contributed by atoms with Crippen molar-refractivity contribution in [3.8, 4) is 0 Å². The SMILES string of the molecule is C=CCNC(=NCC1COC2(CCCCC2)O1)NCCc1ccco1.I. The summed E-state index contributed by atoms with van der Waals surface area (Å²) in [6.45, 7) is 6.38. The fourth-order valence-corrected chi connectivity index (χ4v) is 3.35. The number of nitrogens with one attached hydrogen (secondary N) is 2. The Morgan fingerprint density at radius 1 is 1.31 bits per heavy atom. The van der Waals surface area contributed by atoms with E-state index < -0.39 is 0 Å². The second-order valence-corrected chi connectivity index (χ2v) is 6.64. The van der Waals surface area contributed by atoms with Crippen LogP contribution in [0.15, 0.2) is 40.5 Å². The lowest BCUT2D eigenvalue weighted by Gasteiger charge is -2.31. The third kappa shape index (κ3) is 6.28. The molecule has 1 aromatic rings. The maximum absolute atomic E-state index is 6.19. The van der Waals surface area contributed by atoms with Gasteiger partial charge in [-0.05, 0) is 25.0 Å². The van der Waals surface area contributed by atoms with Crippen molar-refractivity contribution < 1.29 is 13.9 Å². The third-order valence-corrected chi connectivity index (χ3v) is 4.64. The van der Waals surface area contributed by atoms with Crippen LogP contribution >= 0.6 is 24.0 Å². The number of halogens is 1. The Kier molecular flexibility index (Phi) is 8.94. The predicted octanol–water partition coefficient (Wildman–Crippen LogP) is 3.24. The van der Waals surface area contributed by atoms with Crippen LogP contribution in [0.4, 0.5) is 0 Å². The van der Waals surface area contributed by atoms with Crippen LogP contribution in [0.5, 0.6) is 0 Å². The molecule has 1 unspecified atom stereocenters. The van der Waals surface area contributed by atoms with Crippen LogP contribution in [0, 0.1) is 0 Å². The second-order valence-electron chi connectivity index (χ2n) is 6.64. The molecule has 7 heteroatoms. The molecule has 1 saturated heterocycles. The molecule has 2 N–H and O–H groups in total. The number of hydrogen-bond acceptors (Lipinski definition) is 4. The molecule has 1 aliphatic heterocycles. The summed E-state index contributed by atoms with van der Waals surface area (Å²) < 4.78 is 17.5. The standard InChI is InChI=1S/C19H29N3O3.HI/c1-2-11-20-18(21-12-8-16-7-6-13-23-16)22-14-17-15-24-19(25-17)9-4-3-5-10-19;/h2,6-7,13,17H,1,3-5,8-12,14-15H2,(H2,20,21,22);1H. The highest BCUT2D eigenvalue weighted by Gasteiger charge is 2.42. The number of furan rings is 1. The Morgan fingerprint density at radius 2 is 2.15 bits per heavy atom. The van der Waals surface area contributed by atoms with Crippen molar-refractivity contribution in [2.24, 2.45) is 4.99 Å². The maximum Gasteiger partial charge on any atom is 0.191 e. The number of aliphatic imine (C=N–C) groups is 1. The molecule has 6 nitrogen and oxygen atoms in total. The Hall–Kier alpha value is -1.06. The molecule has 1 aromatic heterocycles. The zero-order valence-electron chi connectivity index (χ0n) is 15.2. The minimum absolute atomic E-state index is 0. The van der Waals surface area contributed by atoms with Gasteiger partial charge in [-0.2, -0.15) is 0 Å². The van der Waals surface area contributed by atoms with E-state index in [1.807, 2.05) is 18.2 Å². The van der Waals surface area contributed by atoms with Gasteiger partial charge in [-0.15, -0.1) is 30.6 Å². The van der Waals surface area contributed by atoms with Crippen molar-refractivity contribution in [2.45, 2.75) is 50.4 Å². The first-order valence-electron chi connectivity index (χ1n) is 9.27. The highest BCUT2D eigenvalue weighted by Crippen LogP contribution is 2.37. The number of guanidine groups is 1. The number of rotatable bonds is 7. The first kappa shape index (κ1) is 21.2. The molecule has 0 bridgehead atoms. The van der Waals surface area contributed by atoms with Gasteiger partial charge in [0, 0.05) is 32.4 Å². The van der Waals surface area contributed by atoms with E-state index >= 15 is 0 Å². The molecular formula is C19H30IN3O3. The van der Waals surface area contributed by atoms with Crippen LogP contribution in [0.1, 0.15) is 37.9 Å². The molecule has 0 radical (unpaired) electrons. The molecule has 146 valence electrons. The van der Waals surface area contributed by atoms with Gasteiger partial charge in [-0.25, -0.2) is 0 Å². The summed E-state index contributed by atoms with van der Waals surface area (Å²) in [4.78, 5) is 4.65. The summed E-state index contributed by atoms with van der Waals surface area (Å²) in [6, 6.07) is 3.88. The quantitative estimate of drug-likeness (QED) is 0.274. The zero-order valence-corrected chi connectivity index (χ0v) is 17.6. The molecule has 1 atom stereocenters. The van der Waals surface area contributed by atoms with Crippen molar-refractivity contribution in [1.29, 1.82) is 0 Å². The van der Waals surface area contributed by atoms with Gasteiger partial charge in [0.05, 0.1) is 19.4 Å². The Labute approximate surface area is 172 Å². The summed E-state index contributed by atoms with van der Waals surface area (Å²) in [6.07, 6.45) is 10.0. The first-order chi connectivity index (χ1) is 12.3. The largest absolute Gasteiger partial charge is 0.469 e. The lowest BCUT2D eigenvalue weighted by atomic mass is 9.94. The molecule has 1 aliphatic carbocycles. The van der Waals surface area contributed by atoms with E-state index in [-0.39, 0.29) is 35.9 Å². The van der Waals surface area contributed by atoms with Crippen molar-refractivity contribution >= 4 is 29.9 Å². The smallest absolute Gasteiger partial charge is 0.191 e. The van der Waals surface area contributed by atoms with E-state index in [1.54, 1.807) is 6.26 Å². The topological polar surface area (TPSA) is 68.0 Å². The van der Waals surface area contributed by atoms with E-state index in [1.165, 1.54) is 19.3 Å². The van der Waals surface area contributed by atoms with Gasteiger partial charge >= 0.3 is 0 Å². The lowest BCUT2D eigenvalue weighted by molar-refractivity contribution is -0.186. The fourth-order valence-electron chi connectivity index (χ4n) is 3.35. The van der Waals surface area contributed by atoms with Crippen molar-refractivity contribution in [2.75, 3.05) is 26.2 Å². The first-order valence-corrected chi connectivity index (χ1v) is 9.27. The molecule has 26 heavy (non-hydrogen) atoms. The van der Waals surface area contributed by atoms with E-state index in [9.17, 15) is 0 Å². The lowest BCUT2D eigenvalue weighted by Crippen LogP contribution is -2.39. The van der Waals surface area contributed by atoms with Gasteiger partial charge in [-0.1, -0.05) is 12.5 Å². The third-order valence-electron chi connectivity index (χ3n) is 4.64. The van der Waals surface area contributed by atoms with Gasteiger partial charge in [0.15, 0.2) is 11.7 Å². The van der Waals surface area contributed by atoms with Crippen LogP contribution in [0.25, 0.3) is 0 Å². The van der Waals surface area contributed by atoms with Crippen molar-refractivity contribution in [3.63, 3.8) is 0 Å². The molecule has 2 heterocycles. The number of hydrogen-bond donors (Lipinski definition) is 2. The van der Waals surface area contributed by atoms with Gasteiger partial charge < -0.3 is 24.5 Å². The molecule has 1 spiro atoms. The predicted molar refractivity (Wildman–Crippen MR) is 113 cm³/mol. The molecule has 1 saturated carbocycles. The van der Waals surface area contributed by atoms with Crippen LogP contribution in [0.3, 0.4) is 0 Å². The zero-order chi connectivity index (χ0) is 17.4. The summed E-state index contributed by atoms with van der Waals surface area (Å²) in [5, 5.41) is 6.56. The van der Waals surface area contributed by atoms with Gasteiger partial charge in [0.1, 0.15) is 11.9 Å². The number of ether oxygens (including phenoxy) is 2. The summed E-state index contributed by atoms with van der Waals surface area (Å²) in [5.74, 6) is 1.39. The summed E-state index contributed by atoms with van der Waals surface area (Å²) in [7, 11) is 0. The monoisotopic (exact) mass is 475 g/mol. The van der Waals surface area contributed by atoms with Crippen LogP contribution < -0.4 is 10.6 Å². The molecule has 3 rings (SSSR count). The molecular weight excluding hydrogens is 445 g/mol. The maximum atomic E-state index is 6.19. The van der Waals surface area contributed by atoms with E-state index in [4.69, 9.17) is 13.9 Å². The van der Waals surface area contributed by atoms with Gasteiger partial charge in [-0.3, -0.25) is 4.99 Å². The molecule has 2 aliphatic rings. The fraction of sp³-hybridized carbons (Fsp3) is 0.632. The summed E-state index contributed by atoms with van der Waals surface area (Å²) in [5.41, 5.74) is 0. The Balaban J connectivity index is 0.00000243. The van der Waals surface area contributed by atoms with Crippen molar-refractivity contribution in [3.05, 3.63) is 36.8 Å². The average molecular weight is 475 g/mol. The summed E-state index contributed by atoms with van der Waals surface area (Å²) >= 11 is 0. The van der Waals surface area contributed by atoms with E-state index in [2.05, 4.69) is 22.2 Å². The molecule has 0 amide bonds. The minimum atomic E-state index is -0.333. The normalized spacial score (nSPS) is 22.0. The Morgan fingerprint density at radius 3 is 2.88 bits per heavy atom. The van der Waals surface area contributed by atoms with E-state index in [0.29, 0.717) is 19.7 Å². The van der Waals surface area contributed by atoms with Crippen LogP contribution in [0.2, 0.25) is 0 Å². The van der Waals surface area contributed by atoms with Crippen molar-refractivity contribution in [1.82, 2.24) is 10.6 Å². The highest BCUT2D eigenvalue weighted by atomic mass is 127. The highest BCUT2D eigenvalue weighted by molar-refractivity contribution is 14.0. The molecule has 0 aromatic carbocycles. The molecule has 2 fully saturated rings. The van der Waals surface area contributed by atoms with Crippen LogP contribution in [-0.2, 0) is 15.9 Å². The Bertz CT molecular complexity index is 556. The van der Waals surface area contributed by atoms with Gasteiger partial charge in [0.2, 0.25) is 0 Å². The number of nitrogens with zero attached hydrogens (tertiary/aromatic N) is 1. The van der Waals surface area contributed by atoms with Crippen LogP contribution in [-0.4, -0.2) is 44.1 Å². The average Bonchev–Trinajstić information content (AvgIpc) is 3.28. The van der Waals surface area contributed by atoms with E-state index in [0.717, 1.165) is 37.5 Å². The second kappa shape index (κ2) is 10.9. The minimum Gasteiger partial charge on any atom is -0.469 e.